The normalized spacial score (nSPS) is 21.4. The van der Waals surface area contributed by atoms with Gasteiger partial charge in [-0.3, -0.25) is 14.6 Å². The Morgan fingerprint density at radius 3 is 2.41 bits per heavy atom. The van der Waals surface area contributed by atoms with E-state index in [4.69, 9.17) is 0 Å². The van der Waals surface area contributed by atoms with E-state index in [1.54, 1.807) is 25.4 Å². The van der Waals surface area contributed by atoms with Crippen LogP contribution >= 0.6 is 0 Å². The zero-order valence-corrected chi connectivity index (χ0v) is 19.7. The molecule has 8 heteroatoms. The van der Waals surface area contributed by atoms with Crippen molar-refractivity contribution in [3.05, 3.63) is 71.0 Å². The van der Waals surface area contributed by atoms with E-state index in [-0.39, 0.29) is 23.7 Å². The minimum atomic E-state index is -0.665. The van der Waals surface area contributed by atoms with Crippen molar-refractivity contribution in [1.29, 1.82) is 0 Å². The molecule has 1 heterocycles. The van der Waals surface area contributed by atoms with Gasteiger partial charge in [-0.15, -0.1) is 0 Å². The van der Waals surface area contributed by atoms with Crippen molar-refractivity contribution in [3.63, 3.8) is 0 Å². The van der Waals surface area contributed by atoms with Crippen LogP contribution in [0.5, 0.6) is 0 Å². The predicted molar refractivity (Wildman–Crippen MR) is 131 cm³/mol. The Kier molecular flexibility index (Phi) is 7.70. The summed E-state index contributed by atoms with van der Waals surface area (Å²) < 4.78 is 13.2. The van der Waals surface area contributed by atoms with Crippen LogP contribution < -0.4 is 10.6 Å². The first kappa shape index (κ1) is 24.0. The number of amides is 2. The second-order valence-electron chi connectivity index (χ2n) is 9.07. The van der Waals surface area contributed by atoms with Crippen molar-refractivity contribution in [3.8, 4) is 0 Å². The molecule has 0 bridgehead atoms. The molecule has 1 saturated carbocycles. The van der Waals surface area contributed by atoms with Crippen molar-refractivity contribution >= 4 is 18.0 Å². The first-order valence-electron chi connectivity index (χ1n) is 11.7. The fraction of sp³-hybridized carbons (Fsp3) is 0.423. The Balaban J connectivity index is 1.40. The number of nitrogens with one attached hydrogen (secondary N) is 2. The lowest BCUT2D eigenvalue weighted by atomic mass is 10.1. The quantitative estimate of drug-likeness (QED) is 0.584. The Bertz CT molecular complexity index is 1020. The summed E-state index contributed by atoms with van der Waals surface area (Å²) in [5.41, 5.74) is 2.49. The molecule has 2 aliphatic rings. The highest BCUT2D eigenvalue weighted by Crippen LogP contribution is 2.40. The second kappa shape index (κ2) is 10.9. The molecular weight excluding hydrogens is 433 g/mol. The standard InChI is InChI=1S/C26H32FN5O2/c1-28-16-18-3-5-20(6-4-18)25(33)30-24(26(34)32-13-11-31(2)12-14-32)17-29-23-15-22(23)19-7-9-21(27)10-8-19/h3-10,16,22-24,29H,11-15,17H2,1-2H3,(H,30,33)/t22-,23+,24?/m0/s1. The minimum absolute atomic E-state index is 0.0670. The van der Waals surface area contributed by atoms with E-state index in [0.29, 0.717) is 31.1 Å². The Morgan fingerprint density at radius 1 is 1.09 bits per heavy atom. The van der Waals surface area contributed by atoms with Gasteiger partial charge in [0.1, 0.15) is 11.9 Å². The summed E-state index contributed by atoms with van der Waals surface area (Å²) in [6.45, 7) is 3.27. The van der Waals surface area contributed by atoms with Gasteiger partial charge in [0.15, 0.2) is 0 Å². The SMILES string of the molecule is CN=Cc1ccc(C(=O)NC(CN[C@@H]2C[C@H]2c2ccc(F)cc2)C(=O)N2CCN(C)CC2)cc1. The number of halogens is 1. The zero-order valence-electron chi connectivity index (χ0n) is 19.7. The number of benzene rings is 2. The molecule has 0 aromatic heterocycles. The van der Waals surface area contributed by atoms with Gasteiger partial charge in [-0.1, -0.05) is 24.3 Å². The minimum Gasteiger partial charge on any atom is -0.339 e. The average Bonchev–Trinajstić information content (AvgIpc) is 3.62. The van der Waals surface area contributed by atoms with E-state index in [2.05, 4.69) is 20.5 Å². The number of carbonyl (C=O) groups excluding carboxylic acids is 2. The lowest BCUT2D eigenvalue weighted by Crippen LogP contribution is -2.57. The molecule has 2 amide bonds. The number of aliphatic imine (C=N–C) groups is 1. The van der Waals surface area contributed by atoms with Gasteiger partial charge in [-0.05, 0) is 48.9 Å². The molecule has 4 rings (SSSR count). The first-order chi connectivity index (χ1) is 16.4. The van der Waals surface area contributed by atoms with Crippen LogP contribution in [0.25, 0.3) is 0 Å². The summed E-state index contributed by atoms with van der Waals surface area (Å²) in [4.78, 5) is 34.3. The lowest BCUT2D eigenvalue weighted by molar-refractivity contribution is -0.134. The molecule has 1 aliphatic heterocycles. The molecular formula is C26H32FN5O2. The van der Waals surface area contributed by atoms with Gasteiger partial charge < -0.3 is 20.4 Å². The van der Waals surface area contributed by atoms with Gasteiger partial charge in [0, 0.05) is 63.5 Å². The molecule has 0 spiro atoms. The fourth-order valence-corrected chi connectivity index (χ4v) is 4.33. The third kappa shape index (κ3) is 6.07. The van der Waals surface area contributed by atoms with Crippen LogP contribution in [0.4, 0.5) is 4.39 Å². The lowest BCUT2D eigenvalue weighted by Gasteiger charge is -2.35. The molecule has 7 nitrogen and oxygen atoms in total. The molecule has 2 fully saturated rings. The number of rotatable bonds is 8. The number of nitrogens with zero attached hydrogens (tertiary/aromatic N) is 3. The highest BCUT2D eigenvalue weighted by atomic mass is 19.1. The Labute approximate surface area is 200 Å². The van der Waals surface area contributed by atoms with Gasteiger partial charge in [0.25, 0.3) is 5.91 Å². The van der Waals surface area contributed by atoms with Crippen molar-refractivity contribution < 1.29 is 14.0 Å². The van der Waals surface area contributed by atoms with Gasteiger partial charge >= 0.3 is 0 Å². The van der Waals surface area contributed by atoms with Crippen LogP contribution in [0.3, 0.4) is 0 Å². The summed E-state index contributed by atoms with van der Waals surface area (Å²) >= 11 is 0. The van der Waals surface area contributed by atoms with E-state index in [1.807, 2.05) is 36.2 Å². The third-order valence-corrected chi connectivity index (χ3v) is 6.54. The molecule has 180 valence electrons. The third-order valence-electron chi connectivity index (χ3n) is 6.54. The number of hydrogen-bond donors (Lipinski definition) is 2. The number of hydrogen-bond acceptors (Lipinski definition) is 5. The van der Waals surface area contributed by atoms with Gasteiger partial charge in [-0.25, -0.2) is 4.39 Å². The number of likely N-dealkylation sites (N-methyl/N-ethyl adjacent to an activating group) is 1. The highest BCUT2D eigenvalue weighted by molar-refractivity contribution is 5.98. The smallest absolute Gasteiger partial charge is 0.251 e. The van der Waals surface area contributed by atoms with E-state index >= 15 is 0 Å². The monoisotopic (exact) mass is 465 g/mol. The van der Waals surface area contributed by atoms with Crippen molar-refractivity contribution in [2.24, 2.45) is 4.99 Å². The number of piperazine rings is 1. The van der Waals surface area contributed by atoms with Crippen LogP contribution in [0.2, 0.25) is 0 Å². The van der Waals surface area contributed by atoms with E-state index < -0.39 is 6.04 Å². The van der Waals surface area contributed by atoms with Crippen LogP contribution in [-0.4, -0.2) is 86.7 Å². The molecule has 34 heavy (non-hydrogen) atoms. The summed E-state index contributed by atoms with van der Waals surface area (Å²) in [6.07, 6.45) is 2.65. The maximum atomic E-state index is 13.3. The molecule has 3 atom stereocenters. The topological polar surface area (TPSA) is 77.0 Å². The van der Waals surface area contributed by atoms with Crippen LogP contribution in [-0.2, 0) is 4.79 Å². The summed E-state index contributed by atoms with van der Waals surface area (Å²) in [7, 11) is 3.74. The summed E-state index contributed by atoms with van der Waals surface area (Å²) in [6, 6.07) is 13.2. The van der Waals surface area contributed by atoms with E-state index in [9.17, 15) is 14.0 Å². The zero-order chi connectivity index (χ0) is 24.1. The largest absolute Gasteiger partial charge is 0.339 e. The summed E-state index contributed by atoms with van der Waals surface area (Å²) in [5.74, 6) is -0.296. The summed E-state index contributed by atoms with van der Waals surface area (Å²) in [5, 5.41) is 6.40. The van der Waals surface area contributed by atoms with Gasteiger partial charge in [-0.2, -0.15) is 0 Å². The molecule has 1 saturated heterocycles. The molecule has 2 aromatic carbocycles. The Hall–Kier alpha value is -3.10. The maximum Gasteiger partial charge on any atom is 0.251 e. The fourth-order valence-electron chi connectivity index (χ4n) is 4.33. The van der Waals surface area contributed by atoms with Gasteiger partial charge in [0.2, 0.25) is 5.91 Å². The number of carbonyl (C=O) groups is 2. The van der Waals surface area contributed by atoms with Gasteiger partial charge in [0.05, 0.1) is 0 Å². The first-order valence-corrected chi connectivity index (χ1v) is 11.7. The predicted octanol–water partition coefficient (Wildman–Crippen LogP) is 1.89. The van der Waals surface area contributed by atoms with Crippen LogP contribution in [0, 0.1) is 5.82 Å². The van der Waals surface area contributed by atoms with E-state index in [0.717, 1.165) is 30.6 Å². The van der Waals surface area contributed by atoms with E-state index in [1.165, 1.54) is 12.1 Å². The van der Waals surface area contributed by atoms with Crippen molar-refractivity contribution in [2.45, 2.75) is 24.4 Å². The average molecular weight is 466 g/mol. The molecule has 0 radical (unpaired) electrons. The van der Waals surface area contributed by atoms with Crippen molar-refractivity contribution in [1.82, 2.24) is 20.4 Å². The van der Waals surface area contributed by atoms with Crippen molar-refractivity contribution in [2.75, 3.05) is 46.8 Å². The molecule has 2 N–H and O–H groups in total. The maximum absolute atomic E-state index is 13.3. The molecule has 1 unspecified atom stereocenters. The molecule has 1 aliphatic carbocycles. The second-order valence-corrected chi connectivity index (χ2v) is 9.07. The molecule has 2 aromatic rings. The van der Waals surface area contributed by atoms with Crippen LogP contribution in [0.1, 0.15) is 33.8 Å². The van der Waals surface area contributed by atoms with Crippen LogP contribution in [0.15, 0.2) is 53.5 Å². The Morgan fingerprint density at radius 2 is 1.76 bits per heavy atom. The highest BCUT2D eigenvalue weighted by Gasteiger charge is 2.39.